The van der Waals surface area contributed by atoms with Crippen LogP contribution in [0.2, 0.25) is 0 Å². The number of pyridine rings is 1. The van der Waals surface area contributed by atoms with Gasteiger partial charge < -0.3 is 5.73 Å². The number of piperazine rings is 1. The van der Waals surface area contributed by atoms with Crippen molar-refractivity contribution in [3.63, 3.8) is 0 Å². The van der Waals surface area contributed by atoms with Gasteiger partial charge in [0.2, 0.25) is 0 Å². The molecular weight excluding hydrogens is 379 g/mol. The van der Waals surface area contributed by atoms with Gasteiger partial charge in [-0.2, -0.15) is 0 Å². The number of nitrogens with zero attached hydrogens (tertiary/aromatic N) is 3. The molecule has 1 aliphatic heterocycles. The quantitative estimate of drug-likeness (QED) is 0.786. The Morgan fingerprint density at radius 2 is 1.76 bits per heavy atom. The zero-order valence-corrected chi connectivity index (χ0v) is 16.8. The Hall–Kier alpha value is -1.04. The van der Waals surface area contributed by atoms with Crippen molar-refractivity contribution in [2.45, 2.75) is 19.5 Å². The molecule has 1 unspecified atom stereocenters. The molecule has 0 bridgehead atoms. The average molecular weight is 406 g/mol. The Bertz CT molecular complexity index is 604. The van der Waals surface area contributed by atoms with Crippen LogP contribution in [0.25, 0.3) is 0 Å². The van der Waals surface area contributed by atoms with E-state index in [1.165, 1.54) is 11.1 Å². The van der Waals surface area contributed by atoms with Crippen LogP contribution < -0.4 is 5.73 Å². The molecule has 2 heterocycles. The Morgan fingerprint density at radius 3 is 2.36 bits per heavy atom. The Labute approximate surface area is 169 Å². The van der Waals surface area contributed by atoms with Gasteiger partial charge in [-0.1, -0.05) is 18.2 Å². The van der Waals surface area contributed by atoms with Gasteiger partial charge in [0.1, 0.15) is 0 Å². The van der Waals surface area contributed by atoms with Crippen LogP contribution in [0.5, 0.6) is 0 Å². The van der Waals surface area contributed by atoms with Crippen molar-refractivity contribution in [1.82, 2.24) is 14.8 Å². The van der Waals surface area contributed by atoms with Gasteiger partial charge in [-0.05, 0) is 36.2 Å². The summed E-state index contributed by atoms with van der Waals surface area (Å²) < 4.78 is 0. The zero-order valence-electron chi connectivity index (χ0n) is 14.4. The van der Waals surface area contributed by atoms with Crippen LogP contribution in [0.4, 0.5) is 5.69 Å². The summed E-state index contributed by atoms with van der Waals surface area (Å²) in [7, 11) is 0. The number of benzene rings is 1. The maximum atomic E-state index is 5.86. The predicted octanol–water partition coefficient (Wildman–Crippen LogP) is 3.81. The van der Waals surface area contributed by atoms with Crippen molar-refractivity contribution in [2.24, 2.45) is 0 Å². The summed E-state index contributed by atoms with van der Waals surface area (Å²) in [6, 6.07) is 12.8. The number of hydrogen-bond donors (Lipinski definition) is 1. The van der Waals surface area contributed by atoms with Gasteiger partial charge in [-0.3, -0.25) is 14.8 Å². The third-order valence-corrected chi connectivity index (χ3v) is 4.48. The number of halogens is 3. The smallest absolute Gasteiger partial charge is 0.0336 e. The predicted molar refractivity (Wildman–Crippen MR) is 112 cm³/mol. The second-order valence-electron chi connectivity index (χ2n) is 6.02. The minimum absolute atomic E-state index is 0. The molecule has 0 saturated carbocycles. The van der Waals surface area contributed by atoms with Crippen LogP contribution in [-0.2, 0) is 6.54 Å². The lowest BCUT2D eigenvalue weighted by atomic mass is 10.1. The van der Waals surface area contributed by atoms with Crippen LogP contribution >= 0.6 is 37.2 Å². The lowest BCUT2D eigenvalue weighted by molar-refractivity contribution is 0.0977. The lowest BCUT2D eigenvalue weighted by Crippen LogP contribution is -2.46. The number of anilines is 1. The molecule has 2 N–H and O–H groups in total. The maximum Gasteiger partial charge on any atom is 0.0336 e. The first-order chi connectivity index (χ1) is 10.7. The number of nitrogen functional groups attached to an aromatic ring is 1. The van der Waals surface area contributed by atoms with E-state index >= 15 is 0 Å². The zero-order chi connectivity index (χ0) is 15.4. The monoisotopic (exact) mass is 404 g/mol. The Morgan fingerprint density at radius 1 is 1.04 bits per heavy atom. The third kappa shape index (κ3) is 6.65. The number of aromatic nitrogens is 1. The largest absolute Gasteiger partial charge is 0.399 e. The van der Waals surface area contributed by atoms with Crippen molar-refractivity contribution < 1.29 is 0 Å². The van der Waals surface area contributed by atoms with E-state index in [0.717, 1.165) is 38.4 Å². The summed E-state index contributed by atoms with van der Waals surface area (Å²) in [6.07, 6.45) is 3.81. The van der Waals surface area contributed by atoms with Crippen molar-refractivity contribution in [3.05, 3.63) is 59.9 Å². The van der Waals surface area contributed by atoms with Crippen LogP contribution in [0.3, 0.4) is 0 Å². The maximum absolute atomic E-state index is 5.86. The van der Waals surface area contributed by atoms with Crippen LogP contribution in [0, 0.1) is 0 Å². The molecule has 0 aliphatic carbocycles. The van der Waals surface area contributed by atoms with Gasteiger partial charge in [0.15, 0.2) is 0 Å². The normalized spacial score (nSPS) is 16.0. The fourth-order valence-corrected chi connectivity index (χ4v) is 3.09. The minimum atomic E-state index is 0. The molecule has 1 aromatic carbocycles. The van der Waals surface area contributed by atoms with E-state index in [2.05, 4.69) is 39.9 Å². The molecule has 1 aromatic heterocycles. The van der Waals surface area contributed by atoms with Crippen molar-refractivity contribution >= 4 is 42.9 Å². The molecule has 1 aliphatic rings. The summed E-state index contributed by atoms with van der Waals surface area (Å²) in [4.78, 5) is 9.27. The Kier molecular flexibility index (Phi) is 11.1. The van der Waals surface area contributed by atoms with Crippen LogP contribution in [0.1, 0.15) is 24.1 Å². The average Bonchev–Trinajstić information content (AvgIpc) is 2.56. The van der Waals surface area contributed by atoms with Crippen molar-refractivity contribution in [1.29, 1.82) is 0 Å². The summed E-state index contributed by atoms with van der Waals surface area (Å²) in [6.45, 7) is 7.64. The van der Waals surface area contributed by atoms with E-state index in [1.807, 2.05) is 30.6 Å². The molecule has 1 saturated heterocycles. The molecule has 0 amide bonds. The summed E-state index contributed by atoms with van der Waals surface area (Å²) in [5, 5.41) is 0. The van der Waals surface area contributed by atoms with Gasteiger partial charge in [0.25, 0.3) is 0 Å². The lowest BCUT2D eigenvalue weighted by Gasteiger charge is -2.38. The highest BCUT2D eigenvalue weighted by atomic mass is 35.5. The van der Waals surface area contributed by atoms with Gasteiger partial charge in [0.05, 0.1) is 0 Å². The number of rotatable bonds is 4. The summed E-state index contributed by atoms with van der Waals surface area (Å²) in [5.74, 6) is 0. The molecule has 2 aromatic rings. The van der Waals surface area contributed by atoms with Crippen molar-refractivity contribution in [2.75, 3.05) is 31.9 Å². The molecule has 0 radical (unpaired) electrons. The highest BCUT2D eigenvalue weighted by Gasteiger charge is 2.22. The fraction of sp³-hybridized carbons (Fsp3) is 0.389. The van der Waals surface area contributed by atoms with E-state index in [-0.39, 0.29) is 37.2 Å². The van der Waals surface area contributed by atoms with E-state index in [9.17, 15) is 0 Å². The first kappa shape index (κ1) is 24.0. The van der Waals surface area contributed by atoms with Gasteiger partial charge in [0, 0.05) is 56.8 Å². The standard InChI is InChI=1S/C18H24N4.3ClH/c1-15(17-5-3-7-20-13-17)22-10-8-21(9-11-22)14-16-4-2-6-18(19)12-16;;;/h2-7,12-13,15H,8-11,14,19H2,1H3;3*1H. The summed E-state index contributed by atoms with van der Waals surface area (Å²) in [5.41, 5.74) is 9.30. The van der Waals surface area contributed by atoms with Gasteiger partial charge >= 0.3 is 0 Å². The van der Waals surface area contributed by atoms with Crippen molar-refractivity contribution in [3.8, 4) is 0 Å². The highest BCUT2D eigenvalue weighted by Crippen LogP contribution is 2.21. The van der Waals surface area contributed by atoms with Crippen LogP contribution in [-0.4, -0.2) is 41.0 Å². The molecule has 1 atom stereocenters. The van der Waals surface area contributed by atoms with Crippen LogP contribution in [0.15, 0.2) is 48.8 Å². The number of hydrogen-bond acceptors (Lipinski definition) is 4. The van der Waals surface area contributed by atoms with E-state index < -0.39 is 0 Å². The number of nitrogens with two attached hydrogens (primary N) is 1. The topological polar surface area (TPSA) is 45.4 Å². The van der Waals surface area contributed by atoms with E-state index in [0.29, 0.717) is 6.04 Å². The van der Waals surface area contributed by atoms with E-state index in [4.69, 9.17) is 5.73 Å². The second kappa shape index (κ2) is 11.6. The van der Waals surface area contributed by atoms with Gasteiger partial charge in [-0.15, -0.1) is 37.2 Å². The molecule has 7 heteroatoms. The third-order valence-electron chi connectivity index (χ3n) is 4.48. The molecule has 0 spiro atoms. The molecule has 3 rings (SSSR count). The molecule has 25 heavy (non-hydrogen) atoms. The van der Waals surface area contributed by atoms with Gasteiger partial charge in [-0.25, -0.2) is 0 Å². The first-order valence-electron chi connectivity index (χ1n) is 7.93. The SMILES string of the molecule is CC(c1cccnc1)N1CCN(Cc2cccc(N)c2)CC1.Cl.Cl.Cl. The molecular formula is C18H27Cl3N4. The molecule has 4 nitrogen and oxygen atoms in total. The summed E-state index contributed by atoms with van der Waals surface area (Å²) >= 11 is 0. The van der Waals surface area contributed by atoms with E-state index in [1.54, 1.807) is 0 Å². The second-order valence-corrected chi connectivity index (χ2v) is 6.02. The minimum Gasteiger partial charge on any atom is -0.399 e. The fourth-order valence-electron chi connectivity index (χ4n) is 3.09. The molecule has 140 valence electrons. The Balaban J connectivity index is 0.00000192. The molecule has 1 fully saturated rings. The highest BCUT2D eigenvalue weighted by molar-refractivity contribution is 5.86. The first-order valence-corrected chi connectivity index (χ1v) is 7.93.